The third-order valence-corrected chi connectivity index (χ3v) is 4.79. The second-order valence-corrected chi connectivity index (χ2v) is 6.79. The summed E-state index contributed by atoms with van der Waals surface area (Å²) < 4.78 is 11.2. The van der Waals surface area contributed by atoms with E-state index in [0.29, 0.717) is 16.9 Å². The lowest BCUT2D eigenvalue weighted by molar-refractivity contribution is 0.0912. The Morgan fingerprint density at radius 2 is 1.74 bits per heavy atom. The molecule has 0 atom stereocenters. The zero-order valence-corrected chi connectivity index (χ0v) is 16.9. The Labute approximate surface area is 179 Å². The summed E-state index contributed by atoms with van der Waals surface area (Å²) in [4.78, 5) is 28.9. The first-order valence-electron chi connectivity index (χ1n) is 9.80. The molecule has 0 saturated heterocycles. The highest BCUT2D eigenvalue weighted by Gasteiger charge is 2.22. The molecule has 2 aromatic heterocycles. The molecule has 0 aliphatic carbocycles. The van der Waals surface area contributed by atoms with Crippen molar-refractivity contribution < 1.29 is 18.7 Å². The Hall–Kier alpha value is -4.13. The lowest BCUT2D eigenvalue weighted by atomic mass is 10.0. The fraction of sp³-hybridized carbons (Fsp3) is 0.125. The summed E-state index contributed by atoms with van der Waals surface area (Å²) in [5, 5.41) is 6.39. The molecule has 7 heteroatoms. The van der Waals surface area contributed by atoms with Crippen LogP contribution in [0.5, 0.6) is 5.75 Å². The first-order chi connectivity index (χ1) is 15.2. The van der Waals surface area contributed by atoms with E-state index >= 15 is 0 Å². The van der Waals surface area contributed by atoms with Gasteiger partial charge in [-0.05, 0) is 29.8 Å². The zero-order valence-electron chi connectivity index (χ0n) is 16.9. The molecule has 2 amide bonds. The fourth-order valence-electron chi connectivity index (χ4n) is 3.29. The summed E-state index contributed by atoms with van der Waals surface area (Å²) >= 11 is 0. The Morgan fingerprint density at radius 1 is 0.968 bits per heavy atom. The number of rotatable bonds is 7. The van der Waals surface area contributed by atoms with Crippen LogP contribution < -0.4 is 15.4 Å². The van der Waals surface area contributed by atoms with Gasteiger partial charge >= 0.3 is 0 Å². The highest BCUT2D eigenvalue weighted by molar-refractivity contribution is 6.08. The second kappa shape index (κ2) is 9.13. The van der Waals surface area contributed by atoms with Crippen molar-refractivity contribution in [3.8, 4) is 16.9 Å². The van der Waals surface area contributed by atoms with Crippen LogP contribution in [-0.2, 0) is 0 Å². The number of nitrogens with zero attached hydrogens (tertiary/aromatic N) is 1. The van der Waals surface area contributed by atoms with Crippen molar-refractivity contribution in [2.45, 2.75) is 0 Å². The molecule has 2 heterocycles. The molecule has 0 bridgehead atoms. The molecule has 2 N–H and O–H groups in total. The van der Waals surface area contributed by atoms with Crippen LogP contribution in [0.25, 0.3) is 22.1 Å². The Bertz CT molecular complexity index is 1200. The maximum Gasteiger partial charge on any atom is 0.287 e. The minimum atomic E-state index is -0.357. The number of amides is 2. The number of furan rings is 1. The SMILES string of the molecule is COc1ccc2c(-c3ccccc3)c(C(=O)NCCNC(=O)c3cccnc3)oc2c1. The molecule has 0 aliphatic heterocycles. The van der Waals surface area contributed by atoms with Gasteiger partial charge in [0.05, 0.1) is 12.7 Å². The lowest BCUT2D eigenvalue weighted by Gasteiger charge is -2.07. The van der Waals surface area contributed by atoms with Gasteiger partial charge in [-0.2, -0.15) is 0 Å². The zero-order chi connectivity index (χ0) is 21.6. The van der Waals surface area contributed by atoms with E-state index in [1.165, 1.54) is 6.20 Å². The van der Waals surface area contributed by atoms with Crippen molar-refractivity contribution in [2.75, 3.05) is 20.2 Å². The van der Waals surface area contributed by atoms with Crippen LogP contribution in [0, 0.1) is 0 Å². The smallest absolute Gasteiger partial charge is 0.287 e. The Morgan fingerprint density at radius 3 is 2.45 bits per heavy atom. The first-order valence-corrected chi connectivity index (χ1v) is 9.80. The van der Waals surface area contributed by atoms with Gasteiger partial charge < -0.3 is 19.8 Å². The van der Waals surface area contributed by atoms with Crippen molar-refractivity contribution in [1.29, 1.82) is 0 Å². The predicted molar refractivity (Wildman–Crippen MR) is 117 cm³/mol. The predicted octanol–water partition coefficient (Wildman–Crippen LogP) is 3.66. The van der Waals surface area contributed by atoms with E-state index in [2.05, 4.69) is 15.6 Å². The van der Waals surface area contributed by atoms with Crippen LogP contribution in [0.4, 0.5) is 0 Å². The van der Waals surface area contributed by atoms with Gasteiger partial charge in [-0.3, -0.25) is 14.6 Å². The molecule has 4 aromatic rings. The quantitative estimate of drug-likeness (QED) is 0.449. The number of ether oxygens (including phenoxy) is 1. The van der Waals surface area contributed by atoms with Crippen LogP contribution in [0.3, 0.4) is 0 Å². The average Bonchev–Trinajstić information content (AvgIpc) is 3.21. The van der Waals surface area contributed by atoms with E-state index in [9.17, 15) is 9.59 Å². The van der Waals surface area contributed by atoms with Crippen molar-refractivity contribution in [1.82, 2.24) is 15.6 Å². The van der Waals surface area contributed by atoms with Gasteiger partial charge in [0.1, 0.15) is 11.3 Å². The van der Waals surface area contributed by atoms with Gasteiger partial charge in [0.25, 0.3) is 11.8 Å². The number of fused-ring (bicyclic) bond motifs is 1. The average molecular weight is 415 g/mol. The molecule has 2 aromatic carbocycles. The summed E-state index contributed by atoms with van der Waals surface area (Å²) in [6.07, 6.45) is 3.09. The number of methoxy groups -OCH3 is 1. The van der Waals surface area contributed by atoms with Crippen molar-refractivity contribution in [3.63, 3.8) is 0 Å². The van der Waals surface area contributed by atoms with Crippen LogP contribution in [0.1, 0.15) is 20.9 Å². The number of carbonyl (C=O) groups is 2. The van der Waals surface area contributed by atoms with E-state index < -0.39 is 0 Å². The Balaban J connectivity index is 1.51. The number of carbonyl (C=O) groups excluding carboxylic acids is 2. The van der Waals surface area contributed by atoms with Crippen LogP contribution in [0.15, 0.2) is 77.5 Å². The molecule has 7 nitrogen and oxygen atoms in total. The van der Waals surface area contributed by atoms with E-state index in [1.54, 1.807) is 31.5 Å². The topological polar surface area (TPSA) is 93.5 Å². The summed E-state index contributed by atoms with van der Waals surface area (Å²) in [5.74, 6) is 0.256. The minimum absolute atomic E-state index is 0.216. The maximum atomic E-state index is 12.9. The molecule has 0 spiro atoms. The molecule has 4 rings (SSSR count). The summed E-state index contributed by atoms with van der Waals surface area (Å²) in [5.41, 5.74) is 2.62. The van der Waals surface area contributed by atoms with Crippen molar-refractivity contribution in [3.05, 3.63) is 84.4 Å². The van der Waals surface area contributed by atoms with Gasteiger partial charge in [0.2, 0.25) is 5.76 Å². The van der Waals surface area contributed by atoms with E-state index in [0.717, 1.165) is 16.5 Å². The molecule has 0 saturated carbocycles. The van der Waals surface area contributed by atoms with Gasteiger partial charge in [0, 0.05) is 42.5 Å². The van der Waals surface area contributed by atoms with Crippen molar-refractivity contribution >= 4 is 22.8 Å². The van der Waals surface area contributed by atoms with Gasteiger partial charge in [0.15, 0.2) is 0 Å². The number of nitrogens with one attached hydrogen (secondary N) is 2. The largest absolute Gasteiger partial charge is 0.497 e. The number of benzene rings is 2. The van der Waals surface area contributed by atoms with Gasteiger partial charge in [-0.25, -0.2) is 0 Å². The van der Waals surface area contributed by atoms with E-state index in [1.807, 2.05) is 42.5 Å². The van der Waals surface area contributed by atoms with Crippen LogP contribution in [0.2, 0.25) is 0 Å². The molecule has 156 valence electrons. The molecule has 0 radical (unpaired) electrons. The third kappa shape index (κ3) is 4.40. The number of pyridine rings is 1. The normalized spacial score (nSPS) is 10.6. The van der Waals surface area contributed by atoms with E-state index in [4.69, 9.17) is 9.15 Å². The van der Waals surface area contributed by atoms with Crippen molar-refractivity contribution in [2.24, 2.45) is 0 Å². The van der Waals surface area contributed by atoms with Crippen LogP contribution >= 0.6 is 0 Å². The minimum Gasteiger partial charge on any atom is -0.497 e. The number of hydrogen-bond acceptors (Lipinski definition) is 5. The highest BCUT2D eigenvalue weighted by Crippen LogP contribution is 2.36. The van der Waals surface area contributed by atoms with Gasteiger partial charge in [-0.15, -0.1) is 0 Å². The first kappa shape index (κ1) is 20.2. The second-order valence-electron chi connectivity index (χ2n) is 6.79. The molecule has 0 unspecified atom stereocenters. The highest BCUT2D eigenvalue weighted by atomic mass is 16.5. The summed E-state index contributed by atoms with van der Waals surface area (Å²) in [6, 6.07) is 18.4. The Kier molecular flexibility index (Phi) is 5.93. The number of aromatic nitrogens is 1. The molecule has 0 fully saturated rings. The fourth-order valence-corrected chi connectivity index (χ4v) is 3.29. The molecular weight excluding hydrogens is 394 g/mol. The van der Waals surface area contributed by atoms with Gasteiger partial charge in [-0.1, -0.05) is 30.3 Å². The summed E-state index contributed by atoms with van der Waals surface area (Å²) in [6.45, 7) is 0.521. The standard InChI is InChI=1S/C24H21N3O4/c1-30-18-9-10-19-20(14-18)31-22(21(19)16-6-3-2-4-7-16)24(29)27-13-12-26-23(28)17-8-5-11-25-15-17/h2-11,14-15H,12-13H2,1H3,(H,26,28)(H,27,29). The molecule has 31 heavy (non-hydrogen) atoms. The molecule has 0 aliphatic rings. The number of hydrogen-bond donors (Lipinski definition) is 2. The third-order valence-electron chi connectivity index (χ3n) is 4.79. The molecular formula is C24H21N3O4. The van der Waals surface area contributed by atoms with E-state index in [-0.39, 0.29) is 30.7 Å². The lowest BCUT2D eigenvalue weighted by Crippen LogP contribution is -2.34. The summed E-state index contributed by atoms with van der Waals surface area (Å²) in [7, 11) is 1.58. The monoisotopic (exact) mass is 415 g/mol. The van der Waals surface area contributed by atoms with Crippen LogP contribution in [-0.4, -0.2) is 37.0 Å². The maximum absolute atomic E-state index is 12.9.